The van der Waals surface area contributed by atoms with Crippen LogP contribution in [0.4, 0.5) is 0 Å². The molecule has 0 unspecified atom stereocenters. The third-order valence-electron chi connectivity index (χ3n) is 3.52. The summed E-state index contributed by atoms with van der Waals surface area (Å²) in [6, 6.07) is 30.1. The van der Waals surface area contributed by atoms with Gasteiger partial charge in [0.25, 0.3) is 0 Å². The van der Waals surface area contributed by atoms with Crippen LogP contribution in [0.2, 0.25) is 0 Å². The minimum absolute atomic E-state index is 0.712. The Morgan fingerprint density at radius 3 is 1.73 bits per heavy atom. The average Bonchev–Trinajstić information content (AvgIpc) is 2.62. The van der Waals surface area contributed by atoms with Crippen molar-refractivity contribution in [3.63, 3.8) is 0 Å². The molecule has 0 bridgehead atoms. The largest absolute Gasteiger partial charge is 0.466 e. The van der Waals surface area contributed by atoms with E-state index in [1.807, 2.05) is 84.9 Å². The minimum atomic E-state index is -0.954. The minimum Gasteiger partial charge on any atom is -0.466 e. The summed E-state index contributed by atoms with van der Waals surface area (Å²) in [4.78, 5) is 0. The van der Waals surface area contributed by atoms with E-state index in [4.69, 9.17) is 11.2 Å². The van der Waals surface area contributed by atoms with Crippen LogP contribution in [0.1, 0.15) is 11.1 Å². The number of ether oxygens (including phenoxy) is 1. The molecule has 3 rings (SSSR count). The molecule has 0 aliphatic carbocycles. The molecule has 0 N–H and O–H groups in total. The van der Waals surface area contributed by atoms with E-state index in [0.717, 1.165) is 11.1 Å². The maximum Gasteiger partial charge on any atom is 0.220 e. The molecular formula is C21H15O. The van der Waals surface area contributed by atoms with Crippen LogP contribution in [-0.4, -0.2) is 0 Å². The van der Waals surface area contributed by atoms with Crippen LogP contribution in [-0.2, 0) is 5.60 Å². The second kappa shape index (κ2) is 6.20. The molecule has 0 saturated carbocycles. The van der Waals surface area contributed by atoms with Gasteiger partial charge in [0.05, 0.1) is 0 Å². The van der Waals surface area contributed by atoms with Crippen molar-refractivity contribution in [3.8, 4) is 18.1 Å². The van der Waals surface area contributed by atoms with E-state index in [1.54, 1.807) is 0 Å². The standard InChI is InChI=1S/C21H15O/c1-2-21(18-12-6-3-7-13-18,19-14-8-4-9-15-19)22-20-16-10-5-11-17-20/h1,3-4,6-17H. The first-order valence-electron chi connectivity index (χ1n) is 7.09. The zero-order chi connectivity index (χ0) is 15.3. The fraction of sp³-hybridized carbons (Fsp3) is 0.0476. The highest BCUT2D eigenvalue weighted by molar-refractivity contribution is 5.46. The van der Waals surface area contributed by atoms with Gasteiger partial charge in [0.2, 0.25) is 5.60 Å². The first kappa shape index (κ1) is 14.0. The van der Waals surface area contributed by atoms with Crippen LogP contribution < -0.4 is 4.74 Å². The van der Waals surface area contributed by atoms with Gasteiger partial charge in [0.15, 0.2) is 0 Å². The topological polar surface area (TPSA) is 9.23 Å². The van der Waals surface area contributed by atoms with Crippen LogP contribution in [0.3, 0.4) is 0 Å². The summed E-state index contributed by atoms with van der Waals surface area (Å²) in [6.07, 6.45) is 5.94. The number of benzene rings is 3. The van der Waals surface area contributed by atoms with Gasteiger partial charge in [-0.15, -0.1) is 6.42 Å². The molecule has 1 heteroatoms. The van der Waals surface area contributed by atoms with Gasteiger partial charge in [0, 0.05) is 11.1 Å². The first-order valence-corrected chi connectivity index (χ1v) is 7.09. The fourth-order valence-electron chi connectivity index (χ4n) is 2.44. The van der Waals surface area contributed by atoms with E-state index in [2.05, 4.69) is 12.0 Å². The Morgan fingerprint density at radius 2 is 1.27 bits per heavy atom. The van der Waals surface area contributed by atoms with Gasteiger partial charge in [-0.05, 0) is 24.1 Å². The van der Waals surface area contributed by atoms with E-state index in [9.17, 15) is 0 Å². The molecule has 0 atom stereocenters. The van der Waals surface area contributed by atoms with Gasteiger partial charge < -0.3 is 4.74 Å². The third kappa shape index (κ3) is 2.60. The lowest BCUT2D eigenvalue weighted by Crippen LogP contribution is -2.32. The van der Waals surface area contributed by atoms with Crippen molar-refractivity contribution in [1.82, 2.24) is 0 Å². The molecule has 0 saturated heterocycles. The Labute approximate surface area is 131 Å². The van der Waals surface area contributed by atoms with Gasteiger partial charge in [0.1, 0.15) is 5.75 Å². The van der Waals surface area contributed by atoms with E-state index < -0.39 is 5.60 Å². The first-order chi connectivity index (χ1) is 10.8. The number of terminal acetylenes is 1. The van der Waals surface area contributed by atoms with E-state index >= 15 is 0 Å². The van der Waals surface area contributed by atoms with Crippen LogP contribution in [0.5, 0.6) is 5.75 Å². The summed E-state index contributed by atoms with van der Waals surface area (Å²) in [5, 5.41) is 0. The van der Waals surface area contributed by atoms with Crippen molar-refractivity contribution >= 4 is 0 Å². The van der Waals surface area contributed by atoms with E-state index in [1.165, 1.54) is 0 Å². The lowest BCUT2D eigenvalue weighted by molar-refractivity contribution is 0.175. The lowest BCUT2D eigenvalue weighted by atomic mass is 9.86. The van der Waals surface area contributed by atoms with Crippen LogP contribution in [0, 0.1) is 18.4 Å². The van der Waals surface area contributed by atoms with Gasteiger partial charge in [-0.3, -0.25) is 0 Å². The molecule has 3 aromatic rings. The number of hydrogen-bond donors (Lipinski definition) is 0. The molecule has 0 aliphatic rings. The van der Waals surface area contributed by atoms with Crippen molar-refractivity contribution in [1.29, 1.82) is 0 Å². The highest BCUT2D eigenvalue weighted by atomic mass is 16.5. The summed E-state index contributed by atoms with van der Waals surface area (Å²) >= 11 is 0. The maximum absolute atomic E-state index is 6.27. The summed E-state index contributed by atoms with van der Waals surface area (Å²) in [7, 11) is 0. The van der Waals surface area contributed by atoms with Crippen molar-refractivity contribution < 1.29 is 4.74 Å². The molecule has 0 fully saturated rings. The molecule has 1 radical (unpaired) electrons. The van der Waals surface area contributed by atoms with Gasteiger partial charge in [-0.2, -0.15) is 0 Å². The van der Waals surface area contributed by atoms with E-state index in [0.29, 0.717) is 5.75 Å². The smallest absolute Gasteiger partial charge is 0.220 e. The third-order valence-corrected chi connectivity index (χ3v) is 3.52. The molecule has 22 heavy (non-hydrogen) atoms. The molecule has 3 aromatic carbocycles. The predicted octanol–water partition coefficient (Wildman–Crippen LogP) is 4.44. The maximum atomic E-state index is 6.27. The van der Waals surface area contributed by atoms with Crippen LogP contribution in [0.25, 0.3) is 0 Å². The Kier molecular flexibility index (Phi) is 3.94. The average molecular weight is 283 g/mol. The van der Waals surface area contributed by atoms with Gasteiger partial charge in [-0.25, -0.2) is 0 Å². The molecule has 0 aromatic heterocycles. The molecule has 0 aliphatic heterocycles. The van der Waals surface area contributed by atoms with Crippen molar-refractivity contribution in [2.24, 2.45) is 0 Å². The highest BCUT2D eigenvalue weighted by Crippen LogP contribution is 2.34. The van der Waals surface area contributed by atoms with Crippen molar-refractivity contribution in [3.05, 3.63) is 102 Å². The Bertz CT molecular complexity index is 716. The van der Waals surface area contributed by atoms with Gasteiger partial charge in [-0.1, -0.05) is 72.8 Å². The van der Waals surface area contributed by atoms with Crippen LogP contribution in [0.15, 0.2) is 84.9 Å². The van der Waals surface area contributed by atoms with Crippen LogP contribution >= 0.6 is 0 Å². The second-order valence-corrected chi connectivity index (χ2v) is 4.90. The second-order valence-electron chi connectivity index (χ2n) is 4.90. The van der Waals surface area contributed by atoms with E-state index in [-0.39, 0.29) is 0 Å². The molecule has 105 valence electrons. The Hall–Kier alpha value is -2.98. The predicted molar refractivity (Wildman–Crippen MR) is 88.4 cm³/mol. The SMILES string of the molecule is C#CC(Oc1cc[c]cc1)(c1ccccc1)c1ccccc1. The Balaban J connectivity index is 2.16. The Morgan fingerprint density at radius 1 is 0.773 bits per heavy atom. The molecule has 0 spiro atoms. The number of rotatable bonds is 4. The highest BCUT2D eigenvalue weighted by Gasteiger charge is 2.34. The number of hydrogen-bond acceptors (Lipinski definition) is 1. The van der Waals surface area contributed by atoms with Gasteiger partial charge >= 0.3 is 0 Å². The molecule has 0 amide bonds. The summed E-state index contributed by atoms with van der Waals surface area (Å²) in [6.45, 7) is 0. The monoisotopic (exact) mass is 283 g/mol. The lowest BCUT2D eigenvalue weighted by Gasteiger charge is -2.30. The quantitative estimate of drug-likeness (QED) is 0.643. The molecule has 0 heterocycles. The normalized spacial score (nSPS) is 10.7. The summed E-state index contributed by atoms with van der Waals surface area (Å²) in [5.74, 6) is 3.58. The fourth-order valence-corrected chi connectivity index (χ4v) is 2.44. The zero-order valence-corrected chi connectivity index (χ0v) is 12.1. The van der Waals surface area contributed by atoms with Crippen molar-refractivity contribution in [2.75, 3.05) is 0 Å². The molecular weight excluding hydrogens is 268 g/mol. The van der Waals surface area contributed by atoms with Crippen molar-refractivity contribution in [2.45, 2.75) is 5.60 Å². The summed E-state index contributed by atoms with van der Waals surface area (Å²) < 4.78 is 6.27. The molecule has 1 nitrogen and oxygen atoms in total. The summed E-state index contributed by atoms with van der Waals surface area (Å²) in [5.41, 5.74) is 0.900. The zero-order valence-electron chi connectivity index (χ0n) is 12.1.